The van der Waals surface area contributed by atoms with Crippen LogP contribution in [0.2, 0.25) is 5.02 Å². The summed E-state index contributed by atoms with van der Waals surface area (Å²) in [5.41, 5.74) is 1.11. The number of hydrogen-bond acceptors (Lipinski definition) is 4. The fraction of sp³-hybridized carbons (Fsp3) is 0.118. The van der Waals surface area contributed by atoms with E-state index in [0.717, 1.165) is 0 Å². The summed E-state index contributed by atoms with van der Waals surface area (Å²) < 4.78 is 5.11. The van der Waals surface area contributed by atoms with Crippen molar-refractivity contribution in [2.24, 2.45) is 0 Å². The van der Waals surface area contributed by atoms with Gasteiger partial charge in [0.25, 0.3) is 5.91 Å². The molecular formula is C17H13ClN2O3. The molecule has 1 atom stereocenters. The molecule has 1 N–H and O–H groups in total. The number of nitrogens with one attached hydrogen (secondary N) is 1. The summed E-state index contributed by atoms with van der Waals surface area (Å²) in [6.45, 7) is 1.47. The maximum Gasteiger partial charge on any atom is 0.338 e. The van der Waals surface area contributed by atoms with E-state index in [2.05, 4.69) is 5.32 Å². The SMILES string of the molecule is C[C@H](OC(=O)c1cccc(C#N)c1)C(=O)Nc1ccc(Cl)cc1. The van der Waals surface area contributed by atoms with Crippen molar-refractivity contribution in [1.29, 1.82) is 5.26 Å². The quantitative estimate of drug-likeness (QED) is 0.872. The highest BCUT2D eigenvalue weighted by Crippen LogP contribution is 2.14. The van der Waals surface area contributed by atoms with Gasteiger partial charge in [-0.05, 0) is 49.4 Å². The zero-order valence-corrected chi connectivity index (χ0v) is 13.0. The van der Waals surface area contributed by atoms with Crippen LogP contribution in [-0.2, 0) is 9.53 Å². The van der Waals surface area contributed by atoms with Crippen LogP contribution in [0.25, 0.3) is 0 Å². The number of nitriles is 1. The van der Waals surface area contributed by atoms with E-state index in [9.17, 15) is 9.59 Å². The van der Waals surface area contributed by atoms with Gasteiger partial charge in [-0.3, -0.25) is 4.79 Å². The number of anilines is 1. The number of halogens is 1. The summed E-state index contributed by atoms with van der Waals surface area (Å²) in [7, 11) is 0. The van der Waals surface area contributed by atoms with Crippen LogP contribution >= 0.6 is 11.6 Å². The van der Waals surface area contributed by atoms with Crippen molar-refractivity contribution >= 4 is 29.2 Å². The van der Waals surface area contributed by atoms with Crippen molar-refractivity contribution in [2.45, 2.75) is 13.0 Å². The Bertz CT molecular complexity index is 766. The van der Waals surface area contributed by atoms with Crippen LogP contribution in [-0.4, -0.2) is 18.0 Å². The van der Waals surface area contributed by atoms with Crippen molar-refractivity contribution < 1.29 is 14.3 Å². The Labute approximate surface area is 138 Å². The third kappa shape index (κ3) is 4.56. The Kier molecular flexibility index (Phi) is 5.34. The van der Waals surface area contributed by atoms with Gasteiger partial charge in [0.15, 0.2) is 6.10 Å². The number of ether oxygens (including phenoxy) is 1. The van der Waals surface area contributed by atoms with Crippen LogP contribution in [0.5, 0.6) is 0 Å². The minimum Gasteiger partial charge on any atom is -0.449 e. The average Bonchev–Trinajstić information content (AvgIpc) is 2.56. The zero-order chi connectivity index (χ0) is 16.8. The van der Waals surface area contributed by atoms with E-state index >= 15 is 0 Å². The Morgan fingerprint density at radius 1 is 1.22 bits per heavy atom. The highest BCUT2D eigenvalue weighted by molar-refractivity contribution is 6.30. The summed E-state index contributed by atoms with van der Waals surface area (Å²) in [4.78, 5) is 24.0. The summed E-state index contributed by atoms with van der Waals surface area (Å²) in [6, 6.07) is 14.6. The molecule has 2 aromatic rings. The molecule has 0 bridgehead atoms. The van der Waals surface area contributed by atoms with Gasteiger partial charge < -0.3 is 10.1 Å². The number of esters is 1. The minimum atomic E-state index is -0.982. The first kappa shape index (κ1) is 16.5. The lowest BCUT2D eigenvalue weighted by molar-refractivity contribution is -0.123. The van der Waals surface area contributed by atoms with Crippen molar-refractivity contribution in [1.82, 2.24) is 0 Å². The molecule has 0 saturated heterocycles. The van der Waals surface area contributed by atoms with E-state index in [1.54, 1.807) is 36.4 Å². The van der Waals surface area contributed by atoms with E-state index < -0.39 is 18.0 Å². The lowest BCUT2D eigenvalue weighted by Crippen LogP contribution is -2.30. The van der Waals surface area contributed by atoms with Crippen molar-refractivity contribution in [3.8, 4) is 6.07 Å². The third-order valence-electron chi connectivity index (χ3n) is 2.99. The molecule has 0 heterocycles. The lowest BCUT2D eigenvalue weighted by Gasteiger charge is -2.13. The predicted molar refractivity (Wildman–Crippen MR) is 86.1 cm³/mol. The highest BCUT2D eigenvalue weighted by Gasteiger charge is 2.19. The second-order valence-electron chi connectivity index (χ2n) is 4.74. The van der Waals surface area contributed by atoms with E-state index in [1.807, 2.05) is 6.07 Å². The summed E-state index contributed by atoms with van der Waals surface area (Å²) in [5.74, 6) is -1.13. The zero-order valence-electron chi connectivity index (χ0n) is 12.2. The number of amides is 1. The van der Waals surface area contributed by atoms with Gasteiger partial charge in [-0.15, -0.1) is 0 Å². The van der Waals surface area contributed by atoms with Crippen LogP contribution in [0, 0.1) is 11.3 Å². The first-order chi connectivity index (χ1) is 11.0. The molecule has 0 aliphatic rings. The van der Waals surface area contributed by atoms with Crippen molar-refractivity contribution in [2.75, 3.05) is 5.32 Å². The molecule has 0 radical (unpaired) electrons. The van der Waals surface area contributed by atoms with Gasteiger partial charge in [-0.2, -0.15) is 5.26 Å². The van der Waals surface area contributed by atoms with Gasteiger partial charge in [-0.25, -0.2) is 4.79 Å². The first-order valence-electron chi connectivity index (χ1n) is 6.77. The fourth-order valence-electron chi connectivity index (χ4n) is 1.77. The summed E-state index contributed by atoms with van der Waals surface area (Å²) in [6.07, 6.45) is -0.982. The van der Waals surface area contributed by atoms with Crippen LogP contribution in [0.15, 0.2) is 48.5 Å². The van der Waals surface area contributed by atoms with Crippen molar-refractivity contribution in [3.63, 3.8) is 0 Å². The standard InChI is InChI=1S/C17H13ClN2O3/c1-11(16(21)20-15-7-5-14(18)6-8-15)23-17(22)13-4-2-3-12(9-13)10-19/h2-9,11H,1H3,(H,20,21)/t11-/m0/s1. The number of hydrogen-bond donors (Lipinski definition) is 1. The second-order valence-corrected chi connectivity index (χ2v) is 5.17. The Morgan fingerprint density at radius 3 is 2.57 bits per heavy atom. The molecule has 5 nitrogen and oxygen atoms in total. The van der Waals surface area contributed by atoms with Gasteiger partial charge in [0.05, 0.1) is 17.2 Å². The molecule has 0 aromatic heterocycles. The Hall–Kier alpha value is -2.84. The van der Waals surface area contributed by atoms with Gasteiger partial charge in [0, 0.05) is 10.7 Å². The second kappa shape index (κ2) is 7.43. The van der Waals surface area contributed by atoms with Gasteiger partial charge >= 0.3 is 5.97 Å². The highest BCUT2D eigenvalue weighted by atomic mass is 35.5. The van der Waals surface area contributed by atoms with E-state index in [-0.39, 0.29) is 5.56 Å². The number of carbonyl (C=O) groups excluding carboxylic acids is 2. The molecule has 0 spiro atoms. The molecule has 0 aliphatic heterocycles. The Balaban J connectivity index is 1.98. The van der Waals surface area contributed by atoms with Crippen LogP contribution < -0.4 is 5.32 Å². The molecule has 0 saturated carbocycles. The predicted octanol–water partition coefficient (Wildman–Crippen LogP) is 3.40. The smallest absolute Gasteiger partial charge is 0.338 e. The number of nitrogens with zero attached hydrogens (tertiary/aromatic N) is 1. The molecule has 2 aromatic carbocycles. The number of benzene rings is 2. The Morgan fingerprint density at radius 2 is 1.91 bits per heavy atom. The molecule has 0 fully saturated rings. The third-order valence-corrected chi connectivity index (χ3v) is 3.24. The average molecular weight is 329 g/mol. The fourth-order valence-corrected chi connectivity index (χ4v) is 1.90. The normalized spacial score (nSPS) is 11.2. The maximum atomic E-state index is 12.0. The molecule has 23 heavy (non-hydrogen) atoms. The van der Waals surface area contributed by atoms with Crippen LogP contribution in [0.4, 0.5) is 5.69 Å². The molecule has 0 unspecified atom stereocenters. The largest absolute Gasteiger partial charge is 0.449 e. The number of carbonyl (C=O) groups is 2. The maximum absolute atomic E-state index is 12.0. The van der Waals surface area contributed by atoms with Crippen LogP contribution in [0.1, 0.15) is 22.8 Å². The molecule has 0 aliphatic carbocycles. The minimum absolute atomic E-state index is 0.218. The first-order valence-corrected chi connectivity index (χ1v) is 7.15. The van der Waals surface area contributed by atoms with Gasteiger partial charge in [-0.1, -0.05) is 17.7 Å². The summed E-state index contributed by atoms with van der Waals surface area (Å²) in [5, 5.41) is 12.0. The topological polar surface area (TPSA) is 79.2 Å². The molecule has 2 rings (SSSR count). The molecule has 6 heteroatoms. The van der Waals surface area contributed by atoms with Crippen LogP contribution in [0.3, 0.4) is 0 Å². The van der Waals surface area contributed by atoms with Gasteiger partial charge in [0.2, 0.25) is 0 Å². The summed E-state index contributed by atoms with van der Waals surface area (Å²) >= 11 is 5.77. The molecular weight excluding hydrogens is 316 g/mol. The van der Waals surface area contributed by atoms with E-state index in [0.29, 0.717) is 16.3 Å². The number of rotatable bonds is 4. The van der Waals surface area contributed by atoms with E-state index in [4.69, 9.17) is 21.6 Å². The lowest BCUT2D eigenvalue weighted by atomic mass is 10.1. The van der Waals surface area contributed by atoms with Gasteiger partial charge in [0.1, 0.15) is 0 Å². The monoisotopic (exact) mass is 328 g/mol. The van der Waals surface area contributed by atoms with E-state index in [1.165, 1.54) is 19.1 Å². The molecule has 116 valence electrons. The molecule has 1 amide bonds. The van der Waals surface area contributed by atoms with Crippen molar-refractivity contribution in [3.05, 3.63) is 64.7 Å².